The van der Waals surface area contributed by atoms with E-state index in [9.17, 15) is 14.0 Å². The summed E-state index contributed by atoms with van der Waals surface area (Å²) < 4.78 is 13.2. The minimum Gasteiger partial charge on any atom is -0.268 e. The van der Waals surface area contributed by atoms with Gasteiger partial charge in [-0.1, -0.05) is 19.1 Å². The van der Waals surface area contributed by atoms with Gasteiger partial charge in [0.15, 0.2) is 0 Å². The maximum absolute atomic E-state index is 13.2. The van der Waals surface area contributed by atoms with Crippen molar-refractivity contribution in [3.63, 3.8) is 0 Å². The summed E-state index contributed by atoms with van der Waals surface area (Å²) >= 11 is 1.29. The van der Waals surface area contributed by atoms with Gasteiger partial charge < -0.3 is 0 Å². The highest BCUT2D eigenvalue weighted by Gasteiger charge is 2.39. The van der Waals surface area contributed by atoms with Crippen molar-refractivity contribution in [3.05, 3.63) is 70.4 Å². The maximum Gasteiger partial charge on any atom is 0.272 e. The van der Waals surface area contributed by atoms with Crippen LogP contribution in [0.3, 0.4) is 0 Å². The number of hydrogen-bond donors (Lipinski definition) is 0. The Kier molecular flexibility index (Phi) is 4.68. The number of amides is 2. The number of carbonyl (C=O) groups excluding carboxylic acids is 2. The molecule has 3 rings (SSSR count). The van der Waals surface area contributed by atoms with E-state index in [4.69, 9.17) is 5.26 Å². The summed E-state index contributed by atoms with van der Waals surface area (Å²) in [5, 5.41) is 8.88. The fourth-order valence-corrected chi connectivity index (χ4v) is 3.43. The summed E-state index contributed by atoms with van der Waals surface area (Å²) in [6.07, 6.45) is 0. The summed E-state index contributed by atoms with van der Waals surface area (Å²) in [5.41, 5.74) is 1.63. The molecular weight excluding hydrogens is 339 g/mol. The number of halogens is 1. The first-order valence-corrected chi connectivity index (χ1v) is 8.57. The quantitative estimate of drug-likeness (QED) is 0.787. The lowest BCUT2D eigenvalue weighted by Crippen LogP contribution is -2.31. The second-order valence-electron chi connectivity index (χ2n) is 5.25. The zero-order valence-corrected chi connectivity index (χ0v) is 14.1. The van der Waals surface area contributed by atoms with Gasteiger partial charge in [-0.3, -0.25) is 9.59 Å². The Bertz CT molecular complexity index is 912. The Labute approximate surface area is 148 Å². The molecule has 0 radical (unpaired) electrons. The van der Waals surface area contributed by atoms with E-state index in [0.29, 0.717) is 27.5 Å². The lowest BCUT2D eigenvalue weighted by molar-refractivity contribution is -0.119. The number of thioether (sulfide) groups is 1. The first kappa shape index (κ1) is 16.9. The van der Waals surface area contributed by atoms with E-state index in [0.717, 1.165) is 4.90 Å². The second-order valence-corrected chi connectivity index (χ2v) is 6.52. The van der Waals surface area contributed by atoms with E-state index < -0.39 is 17.6 Å². The minimum atomic E-state index is -0.447. The molecule has 1 aliphatic rings. The van der Waals surface area contributed by atoms with Gasteiger partial charge >= 0.3 is 0 Å². The second kappa shape index (κ2) is 6.91. The van der Waals surface area contributed by atoms with Gasteiger partial charge in [0.1, 0.15) is 5.82 Å². The molecule has 0 N–H and O–H groups in total. The van der Waals surface area contributed by atoms with Crippen molar-refractivity contribution in [2.75, 3.05) is 10.7 Å². The lowest BCUT2D eigenvalue weighted by Gasteiger charge is -2.15. The van der Waals surface area contributed by atoms with Crippen molar-refractivity contribution in [2.45, 2.75) is 6.92 Å². The molecule has 1 heterocycles. The van der Waals surface area contributed by atoms with Crippen molar-refractivity contribution in [1.29, 1.82) is 5.26 Å². The van der Waals surface area contributed by atoms with Crippen LogP contribution in [0.2, 0.25) is 0 Å². The molecule has 0 saturated heterocycles. The number of nitriles is 1. The Morgan fingerprint density at radius 3 is 2.24 bits per heavy atom. The molecule has 0 bridgehead atoms. The van der Waals surface area contributed by atoms with Gasteiger partial charge in [0.2, 0.25) is 0 Å². The molecule has 0 fully saturated rings. The van der Waals surface area contributed by atoms with E-state index in [1.165, 1.54) is 36.0 Å². The Balaban J connectivity index is 2.06. The zero-order chi connectivity index (χ0) is 18.0. The average Bonchev–Trinajstić information content (AvgIpc) is 2.87. The third-order valence-corrected chi connectivity index (χ3v) is 4.67. The monoisotopic (exact) mass is 352 g/mol. The third kappa shape index (κ3) is 3.06. The molecule has 4 nitrogen and oxygen atoms in total. The fraction of sp³-hybridized carbons (Fsp3) is 0.105. The van der Waals surface area contributed by atoms with Gasteiger partial charge in [0.05, 0.1) is 27.8 Å². The zero-order valence-electron chi connectivity index (χ0n) is 13.3. The molecular formula is C19H13FN2O2S. The van der Waals surface area contributed by atoms with Crippen LogP contribution in [-0.2, 0) is 9.59 Å². The van der Waals surface area contributed by atoms with Crippen LogP contribution < -0.4 is 4.90 Å². The summed E-state index contributed by atoms with van der Waals surface area (Å²) in [7, 11) is 0. The highest BCUT2D eigenvalue weighted by Crippen LogP contribution is 2.38. The number of benzene rings is 2. The van der Waals surface area contributed by atoms with Gasteiger partial charge in [0.25, 0.3) is 11.8 Å². The van der Waals surface area contributed by atoms with Crippen molar-refractivity contribution in [1.82, 2.24) is 0 Å². The molecule has 0 atom stereocenters. The van der Waals surface area contributed by atoms with Crippen LogP contribution in [0.25, 0.3) is 5.57 Å². The van der Waals surface area contributed by atoms with Crippen molar-refractivity contribution in [3.8, 4) is 6.07 Å². The first-order chi connectivity index (χ1) is 12.1. The molecule has 0 unspecified atom stereocenters. The van der Waals surface area contributed by atoms with E-state index in [1.54, 1.807) is 24.3 Å². The molecule has 124 valence electrons. The molecule has 0 aromatic heterocycles. The number of anilines is 1. The number of hydrogen-bond acceptors (Lipinski definition) is 4. The first-order valence-electron chi connectivity index (χ1n) is 7.58. The summed E-state index contributed by atoms with van der Waals surface area (Å²) in [4.78, 5) is 27.2. The van der Waals surface area contributed by atoms with Gasteiger partial charge in [-0.15, -0.1) is 11.8 Å². The van der Waals surface area contributed by atoms with Gasteiger partial charge in [0, 0.05) is 0 Å². The van der Waals surface area contributed by atoms with Crippen LogP contribution >= 0.6 is 11.8 Å². The molecule has 0 saturated carbocycles. The van der Waals surface area contributed by atoms with Gasteiger partial charge in [-0.25, -0.2) is 9.29 Å². The minimum absolute atomic E-state index is 0.279. The Morgan fingerprint density at radius 1 is 1.04 bits per heavy atom. The maximum atomic E-state index is 13.2. The van der Waals surface area contributed by atoms with Crippen LogP contribution in [0.1, 0.15) is 18.1 Å². The van der Waals surface area contributed by atoms with Crippen LogP contribution in [0.5, 0.6) is 0 Å². The largest absolute Gasteiger partial charge is 0.272 e. The van der Waals surface area contributed by atoms with Gasteiger partial charge in [-0.2, -0.15) is 5.26 Å². The standard InChI is InChI=1S/C19H13FN2O2S/c1-2-25-17-16(13-5-7-14(20)8-6-13)18(23)22(19(17)24)15-9-3-12(11-21)4-10-15/h3-10H,2H2,1H3. The molecule has 2 aromatic rings. The number of imide groups is 1. The van der Waals surface area contributed by atoms with Crippen LogP contribution in [0.15, 0.2) is 53.4 Å². The number of rotatable bonds is 4. The van der Waals surface area contributed by atoms with E-state index in [-0.39, 0.29) is 5.57 Å². The molecule has 0 aliphatic carbocycles. The molecule has 1 aliphatic heterocycles. The number of carbonyl (C=O) groups is 2. The van der Waals surface area contributed by atoms with Crippen molar-refractivity contribution >= 4 is 34.8 Å². The molecule has 25 heavy (non-hydrogen) atoms. The molecule has 6 heteroatoms. The summed E-state index contributed by atoms with van der Waals surface area (Å²) in [6, 6.07) is 13.8. The highest BCUT2D eigenvalue weighted by molar-refractivity contribution is 8.04. The fourth-order valence-electron chi connectivity index (χ4n) is 2.58. The predicted octanol–water partition coefficient (Wildman–Crippen LogP) is 3.73. The smallest absolute Gasteiger partial charge is 0.268 e. The SMILES string of the molecule is CCSC1=C(c2ccc(F)cc2)C(=O)N(c2ccc(C#N)cc2)C1=O. The molecule has 2 aromatic carbocycles. The predicted molar refractivity (Wildman–Crippen MR) is 95.1 cm³/mol. The Morgan fingerprint density at radius 2 is 1.68 bits per heavy atom. The van der Waals surface area contributed by atoms with E-state index >= 15 is 0 Å². The van der Waals surface area contributed by atoms with Crippen LogP contribution in [0, 0.1) is 17.1 Å². The van der Waals surface area contributed by atoms with Gasteiger partial charge in [-0.05, 0) is 47.7 Å². The van der Waals surface area contributed by atoms with E-state index in [1.807, 2.05) is 13.0 Å². The molecule has 0 spiro atoms. The Hall–Kier alpha value is -2.91. The highest BCUT2D eigenvalue weighted by atomic mass is 32.2. The molecule has 2 amide bonds. The summed E-state index contributed by atoms with van der Waals surface area (Å²) in [6.45, 7) is 1.89. The third-order valence-electron chi connectivity index (χ3n) is 3.72. The van der Waals surface area contributed by atoms with Crippen molar-refractivity contribution in [2.24, 2.45) is 0 Å². The normalized spacial score (nSPS) is 14.2. The van der Waals surface area contributed by atoms with Crippen LogP contribution in [-0.4, -0.2) is 17.6 Å². The van der Waals surface area contributed by atoms with Crippen LogP contribution in [0.4, 0.5) is 10.1 Å². The lowest BCUT2D eigenvalue weighted by atomic mass is 10.1. The topological polar surface area (TPSA) is 61.2 Å². The number of nitrogens with zero attached hydrogens (tertiary/aromatic N) is 2. The van der Waals surface area contributed by atoms with E-state index in [2.05, 4.69) is 0 Å². The average molecular weight is 352 g/mol. The summed E-state index contributed by atoms with van der Waals surface area (Å²) in [5.74, 6) is -0.631. The van der Waals surface area contributed by atoms with Crippen molar-refractivity contribution < 1.29 is 14.0 Å².